The Kier molecular flexibility index (Phi) is 5.64. The van der Waals surface area contributed by atoms with Crippen molar-refractivity contribution in [3.8, 4) is 5.75 Å². The van der Waals surface area contributed by atoms with Crippen LogP contribution in [0.2, 0.25) is 0 Å². The molecule has 9 heteroatoms. The van der Waals surface area contributed by atoms with Crippen molar-refractivity contribution in [3.63, 3.8) is 0 Å². The highest BCUT2D eigenvalue weighted by atomic mass is 32.1. The van der Waals surface area contributed by atoms with Gasteiger partial charge in [-0.25, -0.2) is 5.43 Å². The fourth-order valence-corrected chi connectivity index (χ4v) is 2.30. The van der Waals surface area contributed by atoms with Gasteiger partial charge in [0.15, 0.2) is 0 Å². The topological polar surface area (TPSA) is 106 Å². The van der Waals surface area contributed by atoms with Crippen molar-refractivity contribution >= 4 is 34.1 Å². The van der Waals surface area contributed by atoms with Crippen molar-refractivity contribution in [3.05, 3.63) is 51.4 Å². The van der Waals surface area contributed by atoms with Crippen molar-refractivity contribution in [2.24, 2.45) is 5.10 Å². The average molecular weight is 334 g/mol. The van der Waals surface area contributed by atoms with Gasteiger partial charge in [0.25, 0.3) is 5.91 Å². The number of rotatable bonds is 7. The van der Waals surface area contributed by atoms with E-state index in [0.29, 0.717) is 4.88 Å². The van der Waals surface area contributed by atoms with Gasteiger partial charge in [-0.05, 0) is 30.3 Å². The molecule has 0 spiro atoms. The van der Waals surface area contributed by atoms with Crippen LogP contribution in [0.5, 0.6) is 5.75 Å². The molecule has 1 amide bonds. The Morgan fingerprint density at radius 2 is 2.09 bits per heavy atom. The highest BCUT2D eigenvalue weighted by molar-refractivity contribution is 7.16. The Balaban J connectivity index is 1.77. The molecule has 0 aliphatic rings. The highest BCUT2D eigenvalue weighted by Crippen LogP contribution is 2.22. The maximum absolute atomic E-state index is 11.6. The Labute approximate surface area is 135 Å². The second-order valence-corrected chi connectivity index (χ2v) is 5.40. The molecule has 2 aromatic rings. The molecule has 1 heterocycles. The fraction of sp³-hybridized carbons (Fsp3) is 0.143. The first-order valence-corrected chi connectivity index (χ1v) is 7.34. The first kappa shape index (κ1) is 16.4. The molecule has 0 aliphatic carbocycles. The quantitative estimate of drug-likeness (QED) is 0.459. The molecule has 0 atom stereocenters. The number of nitrogens with zero attached hydrogens (tertiary/aromatic N) is 2. The lowest BCUT2D eigenvalue weighted by molar-refractivity contribution is -0.380. The van der Waals surface area contributed by atoms with E-state index in [1.54, 1.807) is 37.4 Å². The SMILES string of the molecule is COc1ccc(NCC(=O)N/N=C/c2ccc([N+](=O)[O-])s2)cc1. The minimum absolute atomic E-state index is 0.0268. The van der Waals surface area contributed by atoms with E-state index >= 15 is 0 Å². The van der Waals surface area contributed by atoms with Crippen LogP contribution in [0, 0.1) is 10.1 Å². The summed E-state index contributed by atoms with van der Waals surface area (Å²) in [7, 11) is 1.58. The summed E-state index contributed by atoms with van der Waals surface area (Å²) in [6, 6.07) is 10.1. The Morgan fingerprint density at radius 1 is 1.35 bits per heavy atom. The molecule has 0 bridgehead atoms. The molecule has 0 fully saturated rings. The summed E-state index contributed by atoms with van der Waals surface area (Å²) in [4.78, 5) is 22.3. The van der Waals surface area contributed by atoms with Gasteiger partial charge in [0.2, 0.25) is 0 Å². The van der Waals surface area contributed by atoms with Crippen LogP contribution in [0.25, 0.3) is 0 Å². The predicted octanol–water partition coefficient (Wildman–Crippen LogP) is 2.23. The van der Waals surface area contributed by atoms with Crippen LogP contribution in [-0.4, -0.2) is 30.7 Å². The molecule has 120 valence electrons. The van der Waals surface area contributed by atoms with E-state index in [2.05, 4.69) is 15.8 Å². The third-order valence-corrected chi connectivity index (χ3v) is 3.69. The Bertz CT molecular complexity index is 712. The summed E-state index contributed by atoms with van der Waals surface area (Å²) in [6.07, 6.45) is 1.36. The molecule has 0 saturated carbocycles. The number of carbonyl (C=O) groups is 1. The minimum atomic E-state index is -0.473. The van der Waals surface area contributed by atoms with E-state index in [1.165, 1.54) is 12.3 Å². The molecule has 0 unspecified atom stereocenters. The normalized spacial score (nSPS) is 10.5. The van der Waals surface area contributed by atoms with E-state index in [0.717, 1.165) is 22.8 Å². The van der Waals surface area contributed by atoms with E-state index in [1.807, 2.05) is 0 Å². The van der Waals surface area contributed by atoms with Crippen LogP contribution in [0.3, 0.4) is 0 Å². The zero-order chi connectivity index (χ0) is 16.7. The van der Waals surface area contributed by atoms with E-state index < -0.39 is 4.92 Å². The van der Waals surface area contributed by atoms with E-state index in [4.69, 9.17) is 4.74 Å². The second kappa shape index (κ2) is 7.90. The summed E-state index contributed by atoms with van der Waals surface area (Å²) >= 11 is 0.979. The monoisotopic (exact) mass is 334 g/mol. The number of ether oxygens (including phenoxy) is 1. The predicted molar refractivity (Wildman–Crippen MR) is 88.2 cm³/mol. The lowest BCUT2D eigenvalue weighted by atomic mass is 10.3. The van der Waals surface area contributed by atoms with Gasteiger partial charge in [-0.2, -0.15) is 5.10 Å². The third-order valence-electron chi connectivity index (χ3n) is 2.72. The van der Waals surface area contributed by atoms with Gasteiger partial charge in [-0.1, -0.05) is 11.3 Å². The zero-order valence-electron chi connectivity index (χ0n) is 12.2. The molecular formula is C14H14N4O4S. The highest BCUT2D eigenvalue weighted by Gasteiger charge is 2.08. The lowest BCUT2D eigenvalue weighted by Crippen LogP contribution is -2.25. The fourth-order valence-electron chi connectivity index (χ4n) is 1.61. The molecule has 2 N–H and O–H groups in total. The Hall–Kier alpha value is -2.94. The van der Waals surface area contributed by atoms with Gasteiger partial charge in [-0.15, -0.1) is 0 Å². The van der Waals surface area contributed by atoms with Crippen LogP contribution in [-0.2, 0) is 4.79 Å². The van der Waals surface area contributed by atoms with Gasteiger partial charge in [-0.3, -0.25) is 14.9 Å². The lowest BCUT2D eigenvalue weighted by Gasteiger charge is -2.06. The van der Waals surface area contributed by atoms with Gasteiger partial charge < -0.3 is 10.1 Å². The molecule has 0 aliphatic heterocycles. The molecule has 0 saturated heterocycles. The average Bonchev–Trinajstić information content (AvgIpc) is 3.02. The van der Waals surface area contributed by atoms with Crippen molar-refractivity contribution < 1.29 is 14.5 Å². The van der Waals surface area contributed by atoms with Crippen molar-refractivity contribution in [1.82, 2.24) is 5.43 Å². The van der Waals surface area contributed by atoms with E-state index in [-0.39, 0.29) is 17.5 Å². The van der Waals surface area contributed by atoms with Gasteiger partial charge >= 0.3 is 5.00 Å². The maximum atomic E-state index is 11.6. The molecular weight excluding hydrogens is 320 g/mol. The number of hydrogen-bond acceptors (Lipinski definition) is 7. The second-order valence-electron chi connectivity index (χ2n) is 4.31. The summed E-state index contributed by atoms with van der Waals surface area (Å²) in [5.74, 6) is 0.401. The molecule has 8 nitrogen and oxygen atoms in total. The maximum Gasteiger partial charge on any atom is 0.324 e. The van der Waals surface area contributed by atoms with Crippen molar-refractivity contribution in [2.45, 2.75) is 0 Å². The first-order valence-electron chi connectivity index (χ1n) is 6.52. The molecule has 2 rings (SSSR count). The molecule has 1 aromatic heterocycles. The van der Waals surface area contributed by atoms with Crippen molar-refractivity contribution in [1.29, 1.82) is 0 Å². The number of benzene rings is 1. The number of amides is 1. The van der Waals surface area contributed by atoms with Crippen LogP contribution in [0.1, 0.15) is 4.88 Å². The molecule has 23 heavy (non-hydrogen) atoms. The summed E-state index contributed by atoms with van der Waals surface area (Å²) in [5.41, 5.74) is 3.12. The number of hydrogen-bond donors (Lipinski definition) is 2. The summed E-state index contributed by atoms with van der Waals surface area (Å²) in [6.45, 7) is 0.0499. The van der Waals surface area contributed by atoms with Gasteiger partial charge in [0.05, 0.1) is 29.7 Å². The smallest absolute Gasteiger partial charge is 0.324 e. The van der Waals surface area contributed by atoms with Crippen molar-refractivity contribution in [2.75, 3.05) is 19.0 Å². The number of carbonyl (C=O) groups excluding carboxylic acids is 1. The number of anilines is 1. The molecule has 0 radical (unpaired) electrons. The summed E-state index contributed by atoms with van der Waals surface area (Å²) < 4.78 is 5.04. The first-order chi connectivity index (χ1) is 11.1. The number of nitrogens with one attached hydrogen (secondary N) is 2. The summed E-state index contributed by atoms with van der Waals surface area (Å²) in [5, 5.41) is 17.3. The van der Waals surface area contributed by atoms with Crippen LogP contribution in [0.4, 0.5) is 10.7 Å². The minimum Gasteiger partial charge on any atom is -0.497 e. The largest absolute Gasteiger partial charge is 0.497 e. The van der Waals surface area contributed by atoms with Gasteiger partial charge in [0.1, 0.15) is 5.75 Å². The van der Waals surface area contributed by atoms with Crippen LogP contribution in [0.15, 0.2) is 41.5 Å². The van der Waals surface area contributed by atoms with Crippen LogP contribution >= 0.6 is 11.3 Å². The number of nitro groups is 1. The zero-order valence-corrected chi connectivity index (χ0v) is 13.0. The third kappa shape index (κ3) is 5.08. The number of methoxy groups -OCH3 is 1. The van der Waals surface area contributed by atoms with Gasteiger partial charge in [0, 0.05) is 11.8 Å². The number of thiophene rings is 1. The standard InChI is InChI=1S/C14H14N4O4S/c1-22-11-4-2-10(3-5-11)15-9-13(19)17-16-8-12-6-7-14(23-12)18(20)21/h2-8,15H,9H2,1H3,(H,17,19)/b16-8+. The molecule has 1 aromatic carbocycles. The van der Waals surface area contributed by atoms with Crippen LogP contribution < -0.4 is 15.5 Å². The number of hydrazone groups is 1. The van der Waals surface area contributed by atoms with E-state index in [9.17, 15) is 14.9 Å². The Morgan fingerprint density at radius 3 is 2.70 bits per heavy atom.